The van der Waals surface area contributed by atoms with Crippen LogP contribution in [0.5, 0.6) is 0 Å². The quantitative estimate of drug-likeness (QED) is 0.692. The molecule has 0 aliphatic heterocycles. The van der Waals surface area contributed by atoms with Crippen LogP contribution in [0.1, 0.15) is 34.1 Å². The Balaban J connectivity index is 5.09. The van der Waals surface area contributed by atoms with Crippen molar-refractivity contribution in [3.63, 3.8) is 0 Å². The van der Waals surface area contributed by atoms with Crippen molar-refractivity contribution < 1.29 is 19.1 Å². The standard InChI is InChI=1S/C15H29NO4/c1-10(11(2)9-19-6)8-12(13(17)20-7)15(3,4)14(18)16-5/h10-12H,8-9H2,1-7H3,(H,16,18). The van der Waals surface area contributed by atoms with E-state index in [-0.39, 0.29) is 17.8 Å². The number of amides is 1. The summed E-state index contributed by atoms with van der Waals surface area (Å²) in [5, 5.41) is 2.62. The predicted molar refractivity (Wildman–Crippen MR) is 78.2 cm³/mol. The van der Waals surface area contributed by atoms with Crippen molar-refractivity contribution >= 4 is 11.9 Å². The second-order valence-electron chi connectivity index (χ2n) is 6.02. The molecule has 0 bridgehead atoms. The van der Waals surface area contributed by atoms with Crippen LogP contribution in [0.3, 0.4) is 0 Å². The smallest absolute Gasteiger partial charge is 0.309 e. The molecule has 118 valence electrons. The molecule has 0 radical (unpaired) electrons. The van der Waals surface area contributed by atoms with Gasteiger partial charge in [0.1, 0.15) is 0 Å². The summed E-state index contributed by atoms with van der Waals surface area (Å²) in [5.74, 6) is -0.396. The fourth-order valence-corrected chi connectivity index (χ4v) is 2.34. The van der Waals surface area contributed by atoms with E-state index in [1.54, 1.807) is 28.0 Å². The highest BCUT2D eigenvalue weighted by Gasteiger charge is 2.42. The summed E-state index contributed by atoms with van der Waals surface area (Å²) in [6.45, 7) is 8.34. The van der Waals surface area contributed by atoms with Gasteiger partial charge in [0.05, 0.1) is 18.4 Å². The highest BCUT2D eigenvalue weighted by Crippen LogP contribution is 2.35. The van der Waals surface area contributed by atoms with Gasteiger partial charge < -0.3 is 14.8 Å². The Kier molecular flexibility index (Phi) is 7.79. The van der Waals surface area contributed by atoms with Gasteiger partial charge >= 0.3 is 5.97 Å². The van der Waals surface area contributed by atoms with Gasteiger partial charge in [0.25, 0.3) is 0 Å². The molecule has 0 aromatic carbocycles. The normalized spacial score (nSPS) is 16.1. The van der Waals surface area contributed by atoms with Crippen molar-refractivity contribution in [1.29, 1.82) is 0 Å². The van der Waals surface area contributed by atoms with Crippen LogP contribution in [0.4, 0.5) is 0 Å². The third-order valence-corrected chi connectivity index (χ3v) is 4.18. The molecule has 0 saturated heterocycles. The summed E-state index contributed by atoms with van der Waals surface area (Å²) in [7, 11) is 4.60. The fraction of sp³-hybridized carbons (Fsp3) is 0.867. The van der Waals surface area contributed by atoms with E-state index in [9.17, 15) is 9.59 Å². The summed E-state index contributed by atoms with van der Waals surface area (Å²) in [5.41, 5.74) is -0.803. The molecule has 0 fully saturated rings. The highest BCUT2D eigenvalue weighted by molar-refractivity contribution is 5.87. The summed E-state index contributed by atoms with van der Waals surface area (Å²) in [4.78, 5) is 24.1. The van der Waals surface area contributed by atoms with E-state index in [1.165, 1.54) is 7.11 Å². The largest absolute Gasteiger partial charge is 0.469 e. The van der Waals surface area contributed by atoms with E-state index in [0.717, 1.165) is 0 Å². The number of hydrogen-bond donors (Lipinski definition) is 1. The van der Waals surface area contributed by atoms with Gasteiger partial charge in [-0.25, -0.2) is 0 Å². The maximum Gasteiger partial charge on any atom is 0.309 e. The lowest BCUT2D eigenvalue weighted by Gasteiger charge is -2.33. The second-order valence-corrected chi connectivity index (χ2v) is 6.02. The zero-order valence-electron chi connectivity index (χ0n) is 13.8. The first-order valence-electron chi connectivity index (χ1n) is 7.01. The molecule has 0 aliphatic carbocycles. The third-order valence-electron chi connectivity index (χ3n) is 4.18. The molecule has 0 aliphatic rings. The minimum Gasteiger partial charge on any atom is -0.469 e. The SMILES string of the molecule is CNC(=O)C(C)(C)C(CC(C)C(C)COC)C(=O)OC. The summed E-state index contributed by atoms with van der Waals surface area (Å²) >= 11 is 0. The number of carbonyl (C=O) groups is 2. The van der Waals surface area contributed by atoms with E-state index < -0.39 is 11.3 Å². The monoisotopic (exact) mass is 287 g/mol. The van der Waals surface area contributed by atoms with Gasteiger partial charge in [0, 0.05) is 20.8 Å². The van der Waals surface area contributed by atoms with Gasteiger partial charge in [-0.3, -0.25) is 9.59 Å². The Morgan fingerprint density at radius 1 is 1.15 bits per heavy atom. The molecule has 0 spiro atoms. The first-order valence-corrected chi connectivity index (χ1v) is 7.01. The molecule has 5 nitrogen and oxygen atoms in total. The van der Waals surface area contributed by atoms with E-state index in [0.29, 0.717) is 18.9 Å². The first-order chi connectivity index (χ1) is 9.22. The highest BCUT2D eigenvalue weighted by atomic mass is 16.5. The van der Waals surface area contributed by atoms with Gasteiger partial charge in [-0.2, -0.15) is 0 Å². The third kappa shape index (κ3) is 4.78. The molecular weight excluding hydrogens is 258 g/mol. The molecule has 0 saturated carbocycles. The summed E-state index contributed by atoms with van der Waals surface area (Å²) in [6.07, 6.45) is 0.595. The van der Waals surface area contributed by atoms with Gasteiger partial charge in [-0.1, -0.05) is 27.7 Å². The zero-order valence-corrected chi connectivity index (χ0v) is 13.8. The Morgan fingerprint density at radius 3 is 2.10 bits per heavy atom. The molecule has 3 unspecified atom stereocenters. The lowest BCUT2D eigenvalue weighted by molar-refractivity contribution is -0.155. The van der Waals surface area contributed by atoms with Crippen LogP contribution >= 0.6 is 0 Å². The number of carbonyl (C=O) groups excluding carboxylic acids is 2. The van der Waals surface area contributed by atoms with Gasteiger partial charge in [-0.15, -0.1) is 0 Å². The van der Waals surface area contributed by atoms with Crippen molar-refractivity contribution in [3.05, 3.63) is 0 Å². The fourth-order valence-electron chi connectivity index (χ4n) is 2.34. The molecular formula is C15H29NO4. The van der Waals surface area contributed by atoms with Crippen molar-refractivity contribution in [2.75, 3.05) is 27.9 Å². The molecule has 3 atom stereocenters. The summed E-state index contributed by atoms with van der Waals surface area (Å²) < 4.78 is 10.0. The molecule has 0 aromatic rings. The Labute approximate surface area is 122 Å². The number of nitrogens with one attached hydrogen (secondary N) is 1. The number of esters is 1. The molecule has 1 amide bonds. The summed E-state index contributed by atoms with van der Waals surface area (Å²) in [6, 6.07) is 0. The Morgan fingerprint density at radius 2 is 1.70 bits per heavy atom. The Bertz CT molecular complexity index is 328. The van der Waals surface area contributed by atoms with Gasteiger partial charge in [0.2, 0.25) is 5.91 Å². The average Bonchev–Trinajstić information content (AvgIpc) is 2.42. The molecule has 0 heterocycles. The van der Waals surface area contributed by atoms with Crippen LogP contribution in [0.15, 0.2) is 0 Å². The minimum atomic E-state index is -0.803. The topological polar surface area (TPSA) is 64.6 Å². The molecule has 0 rings (SSSR count). The molecule has 20 heavy (non-hydrogen) atoms. The lowest BCUT2D eigenvalue weighted by atomic mass is 9.72. The van der Waals surface area contributed by atoms with Gasteiger partial charge in [-0.05, 0) is 18.3 Å². The Hall–Kier alpha value is -1.10. The molecule has 0 aromatic heterocycles. The van der Waals surface area contributed by atoms with Crippen LogP contribution in [-0.2, 0) is 19.1 Å². The number of rotatable bonds is 8. The second kappa shape index (κ2) is 8.25. The minimum absolute atomic E-state index is 0.153. The maximum atomic E-state index is 12.1. The van der Waals surface area contributed by atoms with Crippen LogP contribution < -0.4 is 5.32 Å². The van der Waals surface area contributed by atoms with Crippen LogP contribution in [0, 0.1) is 23.2 Å². The van der Waals surface area contributed by atoms with Crippen molar-refractivity contribution in [2.45, 2.75) is 34.1 Å². The van der Waals surface area contributed by atoms with Crippen molar-refractivity contribution in [3.8, 4) is 0 Å². The predicted octanol–water partition coefficient (Wildman–Crippen LogP) is 1.86. The zero-order chi connectivity index (χ0) is 15.9. The maximum absolute atomic E-state index is 12.1. The number of ether oxygens (including phenoxy) is 2. The van der Waals surface area contributed by atoms with E-state index >= 15 is 0 Å². The van der Waals surface area contributed by atoms with E-state index in [2.05, 4.69) is 19.2 Å². The molecule has 1 N–H and O–H groups in total. The van der Waals surface area contributed by atoms with Crippen LogP contribution in [-0.4, -0.2) is 39.8 Å². The van der Waals surface area contributed by atoms with E-state index in [1.807, 2.05) is 0 Å². The number of methoxy groups -OCH3 is 2. The number of hydrogen-bond acceptors (Lipinski definition) is 4. The van der Waals surface area contributed by atoms with Gasteiger partial charge in [0.15, 0.2) is 0 Å². The van der Waals surface area contributed by atoms with E-state index in [4.69, 9.17) is 9.47 Å². The van der Waals surface area contributed by atoms with Crippen LogP contribution in [0.2, 0.25) is 0 Å². The average molecular weight is 287 g/mol. The lowest BCUT2D eigenvalue weighted by Crippen LogP contribution is -2.45. The van der Waals surface area contributed by atoms with Crippen molar-refractivity contribution in [2.24, 2.45) is 23.2 Å². The van der Waals surface area contributed by atoms with Crippen LogP contribution in [0.25, 0.3) is 0 Å². The van der Waals surface area contributed by atoms with Crippen molar-refractivity contribution in [1.82, 2.24) is 5.32 Å². The molecule has 5 heteroatoms. The first kappa shape index (κ1) is 18.9.